The first kappa shape index (κ1) is 42.0. The van der Waals surface area contributed by atoms with Gasteiger partial charge in [0.2, 0.25) is 5.91 Å². The number of rotatable bonds is 10. The molecule has 334 valence electrons. The van der Waals surface area contributed by atoms with Gasteiger partial charge in [-0.2, -0.15) is 0 Å². The van der Waals surface area contributed by atoms with Crippen LogP contribution in [0.2, 0.25) is 0 Å². The first-order chi connectivity index (χ1) is 31.6. The van der Waals surface area contributed by atoms with Gasteiger partial charge in [-0.05, 0) is 120 Å². The number of H-pyrrole nitrogens is 2. The first-order valence-corrected chi connectivity index (χ1v) is 22.7. The lowest BCUT2D eigenvalue weighted by Crippen LogP contribution is -2.45. The van der Waals surface area contributed by atoms with Crippen LogP contribution in [0.15, 0.2) is 91.1 Å². The number of likely N-dealkylation sites (tertiary alicyclic amines) is 2. The Morgan fingerprint density at radius 1 is 0.754 bits per heavy atom. The number of nitrogens with one attached hydrogen (secondary N) is 4. The minimum atomic E-state index is -0.895. The molecule has 7 atom stereocenters. The van der Waals surface area contributed by atoms with Crippen LogP contribution in [0.1, 0.15) is 111 Å². The zero-order valence-corrected chi connectivity index (χ0v) is 37.1. The zero-order valence-electron chi connectivity index (χ0n) is 37.1. The molecule has 7 unspecified atom stereocenters. The number of aromatic nitrogens is 4. The summed E-state index contributed by atoms with van der Waals surface area (Å²) in [5.74, 6) is 2.44. The summed E-state index contributed by atoms with van der Waals surface area (Å²) in [6.45, 7) is 4.64. The maximum Gasteiger partial charge on any atom is 0.407 e. The number of aromatic amines is 2. The normalized spacial score (nSPS) is 22.5. The third-order valence-electron chi connectivity index (χ3n) is 14.2. The molecule has 14 nitrogen and oxygen atoms in total. The molecule has 1 saturated carbocycles. The van der Waals surface area contributed by atoms with Crippen molar-refractivity contribution >= 4 is 35.0 Å². The number of imidazole rings is 2. The Morgan fingerprint density at radius 3 is 2.17 bits per heavy atom. The van der Waals surface area contributed by atoms with E-state index in [2.05, 4.69) is 86.9 Å². The lowest BCUT2D eigenvalue weighted by Gasteiger charge is -2.31. The molecule has 0 spiro atoms. The van der Waals surface area contributed by atoms with Crippen LogP contribution in [0.25, 0.3) is 44.5 Å². The van der Waals surface area contributed by atoms with Crippen molar-refractivity contribution in [1.29, 1.82) is 0 Å². The quantitative estimate of drug-likeness (QED) is 0.105. The van der Waals surface area contributed by atoms with Crippen molar-refractivity contribution in [1.82, 2.24) is 40.4 Å². The summed E-state index contributed by atoms with van der Waals surface area (Å²) in [6.07, 6.45) is 6.44. The lowest BCUT2D eigenvalue weighted by atomic mass is 9.81. The largest absolute Gasteiger partial charge is 0.453 e. The van der Waals surface area contributed by atoms with E-state index < -0.39 is 18.2 Å². The smallest absolute Gasteiger partial charge is 0.407 e. The molecule has 4 N–H and O–H groups in total. The van der Waals surface area contributed by atoms with Gasteiger partial charge < -0.3 is 39.9 Å². The number of fused-ring (bicyclic) bond motifs is 6. The van der Waals surface area contributed by atoms with Gasteiger partial charge in [-0.1, -0.05) is 79.7 Å². The third kappa shape index (κ3) is 7.78. The van der Waals surface area contributed by atoms with E-state index >= 15 is 0 Å². The number of hydrogen-bond acceptors (Lipinski definition) is 8. The predicted molar refractivity (Wildman–Crippen MR) is 246 cm³/mol. The molecule has 2 aromatic heterocycles. The van der Waals surface area contributed by atoms with Crippen molar-refractivity contribution in [2.75, 3.05) is 27.3 Å². The highest BCUT2D eigenvalue weighted by molar-refractivity contribution is 5.89. The van der Waals surface area contributed by atoms with Crippen LogP contribution >= 0.6 is 0 Å². The van der Waals surface area contributed by atoms with Gasteiger partial charge in [0.1, 0.15) is 24.2 Å². The highest BCUT2D eigenvalue weighted by atomic mass is 16.5. The van der Waals surface area contributed by atoms with E-state index in [1.54, 1.807) is 4.90 Å². The molecule has 4 heterocycles. The van der Waals surface area contributed by atoms with Gasteiger partial charge in [-0.15, -0.1) is 0 Å². The molecule has 4 amide bonds. The topological polar surface area (TPSA) is 175 Å². The van der Waals surface area contributed by atoms with Crippen LogP contribution in [0.4, 0.5) is 9.59 Å². The molecule has 2 bridgehead atoms. The van der Waals surface area contributed by atoms with E-state index in [1.165, 1.54) is 61.3 Å². The lowest BCUT2D eigenvalue weighted by molar-refractivity contribution is -0.136. The number of nitrogens with zero attached hydrogens (tertiary/aromatic N) is 4. The number of methoxy groups -OCH3 is 2. The van der Waals surface area contributed by atoms with Gasteiger partial charge in [0.05, 0.1) is 49.2 Å². The van der Waals surface area contributed by atoms with Gasteiger partial charge in [-0.25, -0.2) is 19.6 Å². The number of benzene rings is 4. The Labute approximate surface area is 377 Å². The highest BCUT2D eigenvalue weighted by Crippen LogP contribution is 2.58. The van der Waals surface area contributed by atoms with E-state index in [1.807, 2.05) is 48.4 Å². The Morgan fingerprint density at radius 2 is 1.45 bits per heavy atom. The summed E-state index contributed by atoms with van der Waals surface area (Å²) in [6, 6.07) is 27.6. The second kappa shape index (κ2) is 17.2. The second-order valence-corrected chi connectivity index (χ2v) is 18.2. The van der Waals surface area contributed by atoms with Crippen LogP contribution in [0, 0.1) is 5.92 Å². The van der Waals surface area contributed by atoms with Crippen LogP contribution in [-0.4, -0.2) is 87.1 Å². The van der Waals surface area contributed by atoms with Crippen molar-refractivity contribution in [3.63, 3.8) is 0 Å². The Balaban J connectivity index is 0.899. The molecule has 14 heteroatoms. The number of ether oxygens (including phenoxy) is 2. The van der Waals surface area contributed by atoms with Crippen LogP contribution < -0.4 is 10.6 Å². The number of hydrogen-bond donors (Lipinski definition) is 4. The third-order valence-corrected chi connectivity index (χ3v) is 14.2. The molecule has 6 aromatic rings. The molecule has 0 radical (unpaired) electrons. The fraction of sp³-hybridized carbons (Fsp3) is 0.373. The minimum Gasteiger partial charge on any atom is -0.453 e. The van der Waals surface area contributed by atoms with Gasteiger partial charge >= 0.3 is 12.2 Å². The Bertz CT molecular complexity index is 2780. The SMILES string of the molecule is COC(=O)NCC(=O)N1CC(C)CC1c1ncc(-c2ccc(-c3ccc(-c4ccc5nc(C6CCC(C)N6C(=O)C(NC(=O)OC)c6ccccc6)[nH]c5c4)c4c3C3CCC4C3)cc2)[nH]1. The van der Waals surface area contributed by atoms with Crippen molar-refractivity contribution in [3.05, 3.63) is 119 Å². The number of alkyl carbamates (subject to hydrolysis) is 2. The number of amides is 4. The average Bonchev–Trinajstić information content (AvgIpc) is 4.21. The summed E-state index contributed by atoms with van der Waals surface area (Å²) >= 11 is 0. The second-order valence-electron chi connectivity index (χ2n) is 18.2. The standard InChI is InChI=1S/C51H54N8O6/c1-28-22-42(58(27-28)43(60)26-53-50(62)64-3)47-52-25-40(56-47)31-13-11-30(12-14-31)36-18-19-37(45-35-16-15-34(23-35)44(36)45)33-17-20-38-39(24-33)55-48(54-38)41-21-10-29(2)59(41)49(61)46(57-51(63)65-4)32-8-6-5-7-9-32/h5-9,11-14,17-20,24-25,28-29,34-35,41-42,46H,10,15-16,21-23,26-27H2,1-4H3,(H,52,56)(H,53,62)(H,54,55)(H,57,63). The summed E-state index contributed by atoms with van der Waals surface area (Å²) in [5.41, 5.74) is 12.1. The molecular weight excluding hydrogens is 821 g/mol. The van der Waals surface area contributed by atoms with Crippen molar-refractivity contribution in [2.24, 2.45) is 5.92 Å². The fourth-order valence-corrected chi connectivity index (χ4v) is 11.1. The molecule has 4 aromatic carbocycles. The predicted octanol–water partition coefficient (Wildman–Crippen LogP) is 9.07. The van der Waals surface area contributed by atoms with Crippen molar-refractivity contribution in [3.8, 4) is 33.5 Å². The van der Waals surface area contributed by atoms with E-state index in [4.69, 9.17) is 14.7 Å². The molecular formula is C51H54N8O6. The van der Waals surface area contributed by atoms with Gasteiger partial charge in [0, 0.05) is 12.6 Å². The molecule has 2 aliphatic carbocycles. The molecule has 65 heavy (non-hydrogen) atoms. The Kier molecular flexibility index (Phi) is 11.1. The fourth-order valence-electron chi connectivity index (χ4n) is 11.1. The zero-order chi connectivity index (χ0) is 44.9. The van der Waals surface area contributed by atoms with Crippen LogP contribution in [0.3, 0.4) is 0 Å². The molecule has 4 aliphatic rings. The Hall–Kier alpha value is -6.96. The summed E-state index contributed by atoms with van der Waals surface area (Å²) < 4.78 is 9.55. The van der Waals surface area contributed by atoms with Crippen LogP contribution in [-0.2, 0) is 19.1 Å². The molecule has 2 aliphatic heterocycles. The summed E-state index contributed by atoms with van der Waals surface area (Å²) in [4.78, 5) is 72.0. The number of carbonyl (C=O) groups is 4. The minimum absolute atomic E-state index is 0.0477. The molecule has 2 saturated heterocycles. The van der Waals surface area contributed by atoms with E-state index in [0.29, 0.717) is 29.9 Å². The van der Waals surface area contributed by atoms with E-state index in [0.717, 1.165) is 58.8 Å². The molecule has 10 rings (SSSR count). The summed E-state index contributed by atoms with van der Waals surface area (Å²) in [7, 11) is 2.58. The number of carbonyl (C=O) groups excluding carboxylic acids is 4. The van der Waals surface area contributed by atoms with Crippen molar-refractivity contribution in [2.45, 2.75) is 88.4 Å². The average molecular weight is 875 g/mol. The molecule has 3 fully saturated rings. The van der Waals surface area contributed by atoms with Gasteiger partial charge in [0.15, 0.2) is 0 Å². The maximum absolute atomic E-state index is 14.3. The van der Waals surface area contributed by atoms with Crippen molar-refractivity contribution < 1.29 is 28.7 Å². The monoisotopic (exact) mass is 874 g/mol. The highest BCUT2D eigenvalue weighted by Gasteiger charge is 2.42. The van der Waals surface area contributed by atoms with Gasteiger partial charge in [-0.3, -0.25) is 9.59 Å². The van der Waals surface area contributed by atoms with Crippen LogP contribution in [0.5, 0.6) is 0 Å². The summed E-state index contributed by atoms with van der Waals surface area (Å²) in [5, 5.41) is 5.28. The van der Waals surface area contributed by atoms with E-state index in [9.17, 15) is 19.2 Å². The van der Waals surface area contributed by atoms with E-state index in [-0.39, 0.29) is 36.5 Å². The first-order valence-electron chi connectivity index (χ1n) is 22.7. The van der Waals surface area contributed by atoms with Gasteiger partial charge in [0.25, 0.3) is 5.91 Å². The maximum atomic E-state index is 14.3.